The van der Waals surface area contributed by atoms with E-state index in [1.165, 1.54) is 0 Å². The molecule has 1 rings (SSSR count). The van der Waals surface area contributed by atoms with E-state index in [2.05, 4.69) is 5.32 Å². The Labute approximate surface area is 100.0 Å². The van der Waals surface area contributed by atoms with Gasteiger partial charge in [-0.25, -0.2) is 0 Å². The van der Waals surface area contributed by atoms with Crippen LogP contribution in [0, 0.1) is 0 Å². The SMILES string of the molecule is Cn1cc(N)cc1C(=O)NCCCCC(N)=O. The number of nitrogens with one attached hydrogen (secondary N) is 1. The maximum Gasteiger partial charge on any atom is 0.267 e. The summed E-state index contributed by atoms with van der Waals surface area (Å²) < 4.78 is 1.67. The molecule has 17 heavy (non-hydrogen) atoms. The van der Waals surface area contributed by atoms with E-state index < -0.39 is 0 Å². The highest BCUT2D eigenvalue weighted by Gasteiger charge is 2.09. The number of aromatic nitrogens is 1. The summed E-state index contributed by atoms with van der Waals surface area (Å²) in [6.07, 6.45) is 3.45. The van der Waals surface area contributed by atoms with E-state index >= 15 is 0 Å². The highest BCUT2D eigenvalue weighted by molar-refractivity contribution is 5.93. The van der Waals surface area contributed by atoms with E-state index in [1.54, 1.807) is 23.9 Å². The van der Waals surface area contributed by atoms with Crippen LogP contribution in [0.1, 0.15) is 29.8 Å². The second kappa shape index (κ2) is 5.93. The summed E-state index contributed by atoms with van der Waals surface area (Å²) in [5.41, 5.74) is 11.7. The van der Waals surface area contributed by atoms with Crippen LogP contribution in [-0.4, -0.2) is 22.9 Å². The Balaban J connectivity index is 2.30. The number of nitrogen functional groups attached to an aromatic ring is 1. The molecule has 6 heteroatoms. The highest BCUT2D eigenvalue weighted by Crippen LogP contribution is 2.08. The molecule has 0 spiro atoms. The van der Waals surface area contributed by atoms with Gasteiger partial charge in [-0.15, -0.1) is 0 Å². The number of aryl methyl sites for hydroxylation is 1. The summed E-state index contributed by atoms with van der Waals surface area (Å²) in [5, 5.41) is 2.76. The van der Waals surface area contributed by atoms with E-state index in [9.17, 15) is 9.59 Å². The van der Waals surface area contributed by atoms with Gasteiger partial charge >= 0.3 is 0 Å². The van der Waals surface area contributed by atoms with Crippen LogP contribution in [0.25, 0.3) is 0 Å². The molecule has 0 aliphatic rings. The molecule has 2 amide bonds. The standard InChI is InChI=1S/C11H18N4O2/c1-15-7-8(12)6-9(15)11(17)14-5-3-2-4-10(13)16/h6-7H,2-5,12H2,1H3,(H2,13,16)(H,14,17). The van der Waals surface area contributed by atoms with Gasteiger partial charge in [0.2, 0.25) is 5.91 Å². The molecule has 0 bridgehead atoms. The van der Waals surface area contributed by atoms with Gasteiger partial charge in [-0.3, -0.25) is 9.59 Å². The Bertz CT molecular complexity index is 412. The zero-order valence-electron chi connectivity index (χ0n) is 9.90. The number of primary amides is 1. The van der Waals surface area contributed by atoms with Crippen LogP contribution in [0.4, 0.5) is 5.69 Å². The third-order valence-electron chi connectivity index (χ3n) is 2.39. The van der Waals surface area contributed by atoms with Crippen molar-refractivity contribution in [1.82, 2.24) is 9.88 Å². The number of hydrogen-bond acceptors (Lipinski definition) is 3. The quantitative estimate of drug-likeness (QED) is 0.607. The molecule has 0 fully saturated rings. The Morgan fingerprint density at radius 3 is 2.65 bits per heavy atom. The number of nitrogens with two attached hydrogens (primary N) is 2. The Morgan fingerprint density at radius 1 is 1.41 bits per heavy atom. The highest BCUT2D eigenvalue weighted by atomic mass is 16.2. The summed E-state index contributed by atoms with van der Waals surface area (Å²) in [6, 6.07) is 1.62. The zero-order valence-corrected chi connectivity index (χ0v) is 9.90. The third-order valence-corrected chi connectivity index (χ3v) is 2.39. The van der Waals surface area contributed by atoms with Crippen molar-refractivity contribution in [2.24, 2.45) is 12.8 Å². The van der Waals surface area contributed by atoms with E-state index in [1.807, 2.05) is 0 Å². The van der Waals surface area contributed by atoms with Crippen LogP contribution in [0.5, 0.6) is 0 Å². The molecule has 6 nitrogen and oxygen atoms in total. The molecular formula is C11H18N4O2. The van der Waals surface area contributed by atoms with Gasteiger partial charge in [-0.05, 0) is 18.9 Å². The Hall–Kier alpha value is -1.98. The van der Waals surface area contributed by atoms with Crippen LogP contribution in [0.3, 0.4) is 0 Å². The minimum atomic E-state index is -0.313. The van der Waals surface area contributed by atoms with Gasteiger partial charge < -0.3 is 21.4 Å². The molecule has 0 radical (unpaired) electrons. The fourth-order valence-electron chi connectivity index (χ4n) is 1.53. The van der Waals surface area contributed by atoms with Crippen LogP contribution in [0.2, 0.25) is 0 Å². The third kappa shape index (κ3) is 4.18. The Kier molecular flexibility index (Phi) is 4.56. The summed E-state index contributed by atoms with van der Waals surface area (Å²) >= 11 is 0. The summed E-state index contributed by atoms with van der Waals surface area (Å²) in [4.78, 5) is 22.2. The van der Waals surface area contributed by atoms with Crippen molar-refractivity contribution in [2.45, 2.75) is 19.3 Å². The van der Waals surface area contributed by atoms with Crippen LogP contribution >= 0.6 is 0 Å². The number of carbonyl (C=O) groups excluding carboxylic acids is 2. The van der Waals surface area contributed by atoms with E-state index in [4.69, 9.17) is 11.5 Å². The topological polar surface area (TPSA) is 103 Å². The second-order valence-electron chi connectivity index (χ2n) is 3.95. The first-order valence-electron chi connectivity index (χ1n) is 5.49. The van der Waals surface area contributed by atoms with Gasteiger partial charge in [0, 0.05) is 26.2 Å². The van der Waals surface area contributed by atoms with Crippen molar-refractivity contribution in [3.05, 3.63) is 18.0 Å². The number of amides is 2. The molecule has 0 unspecified atom stereocenters. The predicted octanol–water partition coefficient (Wildman–Crippen LogP) is -0.00730. The first-order valence-corrected chi connectivity index (χ1v) is 5.49. The van der Waals surface area contributed by atoms with Gasteiger partial charge in [0.15, 0.2) is 0 Å². The minimum absolute atomic E-state index is 0.164. The lowest BCUT2D eigenvalue weighted by molar-refractivity contribution is -0.118. The Morgan fingerprint density at radius 2 is 2.12 bits per heavy atom. The zero-order chi connectivity index (χ0) is 12.8. The van der Waals surface area contributed by atoms with Gasteiger partial charge in [0.05, 0.1) is 5.69 Å². The molecule has 1 aromatic heterocycles. The van der Waals surface area contributed by atoms with Crippen molar-refractivity contribution >= 4 is 17.5 Å². The number of nitrogens with zero attached hydrogens (tertiary/aromatic N) is 1. The molecule has 94 valence electrons. The van der Waals surface area contributed by atoms with Crippen molar-refractivity contribution < 1.29 is 9.59 Å². The lowest BCUT2D eigenvalue weighted by atomic mass is 10.2. The van der Waals surface area contributed by atoms with Crippen LogP contribution in [-0.2, 0) is 11.8 Å². The molecule has 1 heterocycles. The van der Waals surface area contributed by atoms with Gasteiger partial charge in [-0.2, -0.15) is 0 Å². The molecule has 0 aromatic carbocycles. The van der Waals surface area contributed by atoms with Crippen LogP contribution in [0.15, 0.2) is 12.3 Å². The number of unbranched alkanes of at least 4 members (excludes halogenated alkanes) is 1. The molecule has 0 aliphatic carbocycles. The average Bonchev–Trinajstić information content (AvgIpc) is 2.56. The van der Waals surface area contributed by atoms with E-state index in [0.717, 1.165) is 6.42 Å². The average molecular weight is 238 g/mol. The predicted molar refractivity (Wildman–Crippen MR) is 65.2 cm³/mol. The molecule has 5 N–H and O–H groups in total. The van der Waals surface area contributed by atoms with Crippen molar-refractivity contribution in [1.29, 1.82) is 0 Å². The van der Waals surface area contributed by atoms with Gasteiger partial charge in [-0.1, -0.05) is 0 Å². The number of carbonyl (C=O) groups is 2. The fraction of sp³-hybridized carbons (Fsp3) is 0.455. The van der Waals surface area contributed by atoms with Gasteiger partial charge in [0.1, 0.15) is 5.69 Å². The van der Waals surface area contributed by atoms with Crippen molar-refractivity contribution in [3.63, 3.8) is 0 Å². The number of hydrogen-bond donors (Lipinski definition) is 3. The monoisotopic (exact) mass is 238 g/mol. The van der Waals surface area contributed by atoms with Crippen LogP contribution < -0.4 is 16.8 Å². The van der Waals surface area contributed by atoms with E-state index in [-0.39, 0.29) is 11.8 Å². The molecule has 1 aromatic rings. The maximum absolute atomic E-state index is 11.7. The molecule has 0 aliphatic heterocycles. The van der Waals surface area contributed by atoms with Gasteiger partial charge in [0.25, 0.3) is 5.91 Å². The van der Waals surface area contributed by atoms with Crippen molar-refractivity contribution in [2.75, 3.05) is 12.3 Å². The molecule has 0 saturated heterocycles. The normalized spacial score (nSPS) is 10.2. The molecule has 0 atom stereocenters. The molecular weight excluding hydrogens is 220 g/mol. The fourth-order valence-corrected chi connectivity index (χ4v) is 1.53. The lowest BCUT2D eigenvalue weighted by Gasteiger charge is -2.05. The summed E-state index contributed by atoms with van der Waals surface area (Å²) in [5.74, 6) is -0.477. The van der Waals surface area contributed by atoms with Crippen molar-refractivity contribution in [3.8, 4) is 0 Å². The number of rotatable bonds is 6. The summed E-state index contributed by atoms with van der Waals surface area (Å²) in [7, 11) is 1.76. The number of anilines is 1. The second-order valence-corrected chi connectivity index (χ2v) is 3.95. The maximum atomic E-state index is 11.7. The first-order chi connectivity index (χ1) is 8.00. The minimum Gasteiger partial charge on any atom is -0.397 e. The van der Waals surface area contributed by atoms with E-state index in [0.29, 0.717) is 30.8 Å². The lowest BCUT2D eigenvalue weighted by Crippen LogP contribution is -2.26. The smallest absolute Gasteiger partial charge is 0.267 e. The first kappa shape index (κ1) is 13.1. The largest absolute Gasteiger partial charge is 0.397 e. The molecule has 0 saturated carbocycles. The summed E-state index contributed by atoms with van der Waals surface area (Å²) in [6.45, 7) is 0.525.